The molecule has 0 bridgehead atoms. The van der Waals surface area contributed by atoms with Gasteiger partial charge < -0.3 is 25.8 Å². The minimum Gasteiger partial charge on any atom is -0.465 e. The van der Waals surface area contributed by atoms with Crippen LogP contribution in [-0.2, 0) is 17.6 Å². The Labute approximate surface area is 221 Å². The van der Waals surface area contributed by atoms with Gasteiger partial charge in [0.2, 0.25) is 5.95 Å². The number of halogens is 1. The number of nitrogens with zero attached hydrogens (tertiary/aromatic N) is 3. The Balaban J connectivity index is 1.19. The van der Waals surface area contributed by atoms with Gasteiger partial charge in [0.15, 0.2) is 0 Å². The zero-order valence-electron chi connectivity index (χ0n) is 21.6. The summed E-state index contributed by atoms with van der Waals surface area (Å²) in [4.78, 5) is 34.0. The molecule has 3 aliphatic rings. The molecule has 1 aromatic carbocycles. The van der Waals surface area contributed by atoms with Crippen molar-refractivity contribution >= 4 is 24.0 Å². The number of nitrogens with one attached hydrogen (secondary N) is 3. The van der Waals surface area contributed by atoms with Crippen LogP contribution in [-0.4, -0.2) is 65.6 Å². The van der Waals surface area contributed by atoms with Crippen LogP contribution in [0.3, 0.4) is 0 Å². The Morgan fingerprint density at radius 2 is 2.08 bits per heavy atom. The molecule has 2 saturated heterocycles. The van der Waals surface area contributed by atoms with Gasteiger partial charge >= 0.3 is 12.2 Å². The maximum absolute atomic E-state index is 15.1. The summed E-state index contributed by atoms with van der Waals surface area (Å²) in [7, 11) is 0. The quantitative estimate of drug-likeness (QED) is 0.370. The molecule has 204 valence electrons. The van der Waals surface area contributed by atoms with Crippen LogP contribution in [0.15, 0.2) is 30.5 Å². The lowest BCUT2D eigenvalue weighted by Crippen LogP contribution is -2.47. The average molecular weight is 527 g/mol. The molecule has 3 fully saturated rings. The third-order valence-electron chi connectivity index (χ3n) is 8.17. The first-order valence-corrected chi connectivity index (χ1v) is 13.3. The van der Waals surface area contributed by atoms with Crippen molar-refractivity contribution in [2.45, 2.75) is 51.0 Å². The average Bonchev–Trinajstić information content (AvgIpc) is 3.71. The molecule has 2 aromatic rings. The summed E-state index contributed by atoms with van der Waals surface area (Å²) in [5.41, 5.74) is 0.747. The van der Waals surface area contributed by atoms with Gasteiger partial charge in [0, 0.05) is 19.3 Å². The molecule has 11 heteroatoms. The zero-order chi connectivity index (χ0) is 26.8. The Morgan fingerprint density at radius 1 is 1.29 bits per heavy atom. The smallest absolute Gasteiger partial charge is 0.416 e. The second-order valence-corrected chi connectivity index (χ2v) is 10.9. The number of amides is 2. The first-order chi connectivity index (χ1) is 18.3. The van der Waals surface area contributed by atoms with Crippen molar-refractivity contribution in [2.75, 3.05) is 43.0 Å². The third kappa shape index (κ3) is 5.67. The largest absolute Gasteiger partial charge is 0.465 e. The summed E-state index contributed by atoms with van der Waals surface area (Å²) in [6.45, 7) is 4.77. The van der Waals surface area contributed by atoms with E-state index in [1.807, 2.05) is 19.1 Å². The number of rotatable bonds is 10. The van der Waals surface area contributed by atoms with Crippen LogP contribution in [0.25, 0.3) is 0 Å². The van der Waals surface area contributed by atoms with E-state index in [0.29, 0.717) is 55.8 Å². The van der Waals surface area contributed by atoms with Crippen LogP contribution in [0.2, 0.25) is 0 Å². The number of piperidine rings is 1. The lowest BCUT2D eigenvalue weighted by molar-refractivity contribution is 0.164. The Bertz CT molecular complexity index is 1190. The highest BCUT2D eigenvalue weighted by Gasteiger charge is 2.54. The number of carbonyl (C=O) groups is 2. The van der Waals surface area contributed by atoms with Gasteiger partial charge in [0.05, 0.1) is 5.54 Å². The van der Waals surface area contributed by atoms with Gasteiger partial charge in [-0.2, -0.15) is 4.98 Å². The summed E-state index contributed by atoms with van der Waals surface area (Å²) in [5, 5.41) is 18.1. The van der Waals surface area contributed by atoms with E-state index in [2.05, 4.69) is 25.9 Å². The molecule has 0 radical (unpaired) electrons. The molecule has 1 aromatic heterocycles. The van der Waals surface area contributed by atoms with E-state index in [-0.39, 0.29) is 17.3 Å². The van der Waals surface area contributed by atoms with Gasteiger partial charge in [-0.1, -0.05) is 12.1 Å². The standard InChI is InChI=1S/C27H35FN6O4/c1-26(20-4-5-20)17-38-25(37)34(26)22-7-11-31-23(33-22)30-10-6-18-2-3-19(21(28)14-18)15-27(16-32-24(35)36)8-12-29-13-9-27/h2-3,7,11,14,20,29,32H,4-6,8-10,12-13,15-17H2,1H3,(H,35,36)(H,30,31,33)/t26-/m1/s1. The lowest BCUT2D eigenvalue weighted by Gasteiger charge is -2.38. The molecular weight excluding hydrogens is 491 g/mol. The molecule has 5 rings (SSSR count). The van der Waals surface area contributed by atoms with E-state index in [1.165, 1.54) is 0 Å². The minimum absolute atomic E-state index is 0.277. The summed E-state index contributed by atoms with van der Waals surface area (Å²) in [5.74, 6) is 1.05. The molecule has 1 aliphatic carbocycles. The van der Waals surface area contributed by atoms with Gasteiger partial charge in [-0.15, -0.1) is 0 Å². The molecular formula is C27H35FN6O4. The maximum Gasteiger partial charge on any atom is 0.416 e. The van der Waals surface area contributed by atoms with Gasteiger partial charge in [-0.25, -0.2) is 19.0 Å². The van der Waals surface area contributed by atoms with E-state index >= 15 is 4.39 Å². The highest BCUT2D eigenvalue weighted by molar-refractivity contribution is 5.90. The van der Waals surface area contributed by atoms with Crippen LogP contribution in [0.5, 0.6) is 0 Å². The number of benzene rings is 1. The Kier molecular flexibility index (Phi) is 7.38. The number of ether oxygens (including phenoxy) is 1. The molecule has 0 spiro atoms. The third-order valence-corrected chi connectivity index (χ3v) is 8.17. The SMILES string of the molecule is C[C@]1(C2CC2)COC(=O)N1c1ccnc(NCCc2ccc(CC3(CNC(=O)O)CCNCC3)c(F)c2)n1. The highest BCUT2D eigenvalue weighted by Crippen LogP contribution is 2.47. The van der Waals surface area contributed by atoms with Crippen molar-refractivity contribution in [1.82, 2.24) is 20.6 Å². The molecule has 10 nitrogen and oxygen atoms in total. The molecule has 2 amide bonds. The molecule has 1 saturated carbocycles. The van der Waals surface area contributed by atoms with E-state index in [0.717, 1.165) is 44.3 Å². The molecule has 1 atom stereocenters. The van der Waals surface area contributed by atoms with Crippen molar-refractivity contribution in [3.05, 3.63) is 47.4 Å². The summed E-state index contributed by atoms with van der Waals surface area (Å²) >= 11 is 0. The zero-order valence-corrected chi connectivity index (χ0v) is 21.6. The molecule has 3 heterocycles. The molecule has 4 N–H and O–H groups in total. The maximum atomic E-state index is 15.1. The van der Waals surface area contributed by atoms with Crippen molar-refractivity contribution in [1.29, 1.82) is 0 Å². The second kappa shape index (κ2) is 10.7. The van der Waals surface area contributed by atoms with Crippen molar-refractivity contribution < 1.29 is 23.8 Å². The monoisotopic (exact) mass is 526 g/mol. The molecule has 38 heavy (non-hydrogen) atoms. The first kappa shape index (κ1) is 26.1. The van der Waals surface area contributed by atoms with Crippen LogP contribution in [0, 0.1) is 17.2 Å². The molecule has 0 unspecified atom stereocenters. The van der Waals surface area contributed by atoms with Crippen LogP contribution in [0.4, 0.5) is 25.7 Å². The predicted molar refractivity (Wildman–Crippen MR) is 140 cm³/mol. The number of hydrogen-bond acceptors (Lipinski definition) is 7. The van der Waals surface area contributed by atoms with Crippen LogP contribution >= 0.6 is 0 Å². The number of carbonyl (C=O) groups excluding carboxylic acids is 1. The van der Waals surface area contributed by atoms with E-state index in [9.17, 15) is 9.59 Å². The van der Waals surface area contributed by atoms with Crippen molar-refractivity contribution in [2.24, 2.45) is 11.3 Å². The number of aromatic nitrogens is 2. The van der Waals surface area contributed by atoms with E-state index < -0.39 is 11.6 Å². The summed E-state index contributed by atoms with van der Waals surface area (Å²) < 4.78 is 20.4. The lowest BCUT2D eigenvalue weighted by atomic mass is 9.74. The van der Waals surface area contributed by atoms with Gasteiger partial charge in [0.1, 0.15) is 18.2 Å². The van der Waals surface area contributed by atoms with Gasteiger partial charge in [0.25, 0.3) is 0 Å². The highest BCUT2D eigenvalue weighted by atomic mass is 19.1. The summed E-state index contributed by atoms with van der Waals surface area (Å²) in [6, 6.07) is 6.99. The number of carboxylic acid groups (broad SMARTS) is 1. The topological polar surface area (TPSA) is 129 Å². The first-order valence-electron chi connectivity index (χ1n) is 13.3. The van der Waals surface area contributed by atoms with E-state index in [1.54, 1.807) is 23.2 Å². The van der Waals surface area contributed by atoms with Crippen molar-refractivity contribution in [3.63, 3.8) is 0 Å². The number of anilines is 2. The fraction of sp³-hybridized carbons (Fsp3) is 0.556. The molecule has 2 aliphatic heterocycles. The Morgan fingerprint density at radius 3 is 2.79 bits per heavy atom. The number of hydrogen-bond donors (Lipinski definition) is 4. The van der Waals surface area contributed by atoms with Crippen LogP contribution in [0.1, 0.15) is 43.7 Å². The number of cyclic esters (lactones) is 1. The predicted octanol–water partition coefficient (Wildman–Crippen LogP) is 3.58. The second-order valence-electron chi connectivity index (χ2n) is 10.9. The van der Waals surface area contributed by atoms with Gasteiger partial charge in [-0.05, 0) is 93.1 Å². The van der Waals surface area contributed by atoms with Crippen molar-refractivity contribution in [3.8, 4) is 0 Å². The van der Waals surface area contributed by atoms with E-state index in [4.69, 9.17) is 9.84 Å². The fourth-order valence-corrected chi connectivity index (χ4v) is 5.71. The fourth-order valence-electron chi connectivity index (χ4n) is 5.71. The minimum atomic E-state index is -1.06. The van der Waals surface area contributed by atoms with Crippen LogP contribution < -0.4 is 20.9 Å². The Hall–Kier alpha value is -3.47. The van der Waals surface area contributed by atoms with Gasteiger partial charge in [-0.3, -0.25) is 4.90 Å². The normalized spacial score (nSPS) is 22.7. The summed E-state index contributed by atoms with van der Waals surface area (Å²) in [6.07, 6.45) is 4.94.